The molecular formula is C16H23N3O3. The number of rotatable bonds is 6. The van der Waals surface area contributed by atoms with Crippen molar-refractivity contribution in [1.29, 1.82) is 0 Å². The molecule has 1 saturated heterocycles. The van der Waals surface area contributed by atoms with Crippen molar-refractivity contribution in [2.75, 3.05) is 18.4 Å². The minimum absolute atomic E-state index is 0.122. The second-order valence-electron chi connectivity index (χ2n) is 5.41. The van der Waals surface area contributed by atoms with Crippen LogP contribution in [0.5, 0.6) is 5.75 Å². The monoisotopic (exact) mass is 305 g/mol. The lowest BCUT2D eigenvalue weighted by atomic mass is 10.1. The molecule has 3 N–H and O–H groups in total. The molecule has 0 radical (unpaired) electrons. The molecule has 2 rings (SSSR count). The van der Waals surface area contributed by atoms with Gasteiger partial charge in [-0.2, -0.15) is 0 Å². The molecule has 6 nitrogen and oxygen atoms in total. The van der Waals surface area contributed by atoms with E-state index < -0.39 is 6.04 Å². The number of anilines is 1. The van der Waals surface area contributed by atoms with Crippen molar-refractivity contribution in [2.24, 2.45) is 0 Å². The number of benzene rings is 1. The van der Waals surface area contributed by atoms with Crippen LogP contribution in [0, 0.1) is 0 Å². The maximum atomic E-state index is 12.0. The van der Waals surface area contributed by atoms with Crippen molar-refractivity contribution >= 4 is 17.5 Å². The SMILES string of the molecule is CCC(C)Oc1ccc(NC(=O)CC2NCCNC2=O)cc1. The van der Waals surface area contributed by atoms with Crippen molar-refractivity contribution in [1.82, 2.24) is 10.6 Å². The predicted molar refractivity (Wildman–Crippen MR) is 84.9 cm³/mol. The summed E-state index contributed by atoms with van der Waals surface area (Å²) in [4.78, 5) is 23.6. The standard InChI is InChI=1S/C16H23N3O3/c1-3-11(2)22-13-6-4-12(5-7-13)19-15(20)10-14-16(21)18-9-8-17-14/h4-7,11,14,17H,3,8-10H2,1-2H3,(H,18,21)(H,19,20). The Morgan fingerprint density at radius 2 is 2.09 bits per heavy atom. The Morgan fingerprint density at radius 1 is 1.36 bits per heavy atom. The van der Waals surface area contributed by atoms with Crippen LogP contribution in [0.25, 0.3) is 0 Å². The number of amides is 2. The van der Waals surface area contributed by atoms with E-state index in [4.69, 9.17) is 4.74 Å². The highest BCUT2D eigenvalue weighted by molar-refractivity contribution is 5.95. The average molecular weight is 305 g/mol. The van der Waals surface area contributed by atoms with Crippen LogP contribution in [0.4, 0.5) is 5.69 Å². The fraction of sp³-hybridized carbons (Fsp3) is 0.500. The lowest BCUT2D eigenvalue weighted by Crippen LogP contribution is -2.53. The van der Waals surface area contributed by atoms with Crippen LogP contribution < -0.4 is 20.7 Å². The zero-order valence-corrected chi connectivity index (χ0v) is 13.0. The third-order valence-corrected chi connectivity index (χ3v) is 3.57. The molecule has 0 aromatic heterocycles. The predicted octanol–water partition coefficient (Wildman–Crippen LogP) is 1.28. The van der Waals surface area contributed by atoms with E-state index in [1.165, 1.54) is 0 Å². The molecule has 1 aliphatic rings. The van der Waals surface area contributed by atoms with Gasteiger partial charge in [0.1, 0.15) is 5.75 Å². The van der Waals surface area contributed by atoms with Gasteiger partial charge >= 0.3 is 0 Å². The molecular weight excluding hydrogens is 282 g/mol. The zero-order valence-electron chi connectivity index (χ0n) is 13.0. The van der Waals surface area contributed by atoms with E-state index in [1.54, 1.807) is 12.1 Å². The van der Waals surface area contributed by atoms with Crippen LogP contribution in [0.3, 0.4) is 0 Å². The second-order valence-corrected chi connectivity index (χ2v) is 5.41. The van der Waals surface area contributed by atoms with Crippen LogP contribution in [0.15, 0.2) is 24.3 Å². The maximum Gasteiger partial charge on any atom is 0.237 e. The van der Waals surface area contributed by atoms with Crippen LogP contribution in [-0.4, -0.2) is 37.0 Å². The Labute approximate surface area is 130 Å². The molecule has 6 heteroatoms. The molecule has 0 spiro atoms. The molecule has 120 valence electrons. The van der Waals surface area contributed by atoms with Gasteiger partial charge in [0.2, 0.25) is 11.8 Å². The molecule has 1 aromatic carbocycles. The number of hydrogen-bond acceptors (Lipinski definition) is 4. The van der Waals surface area contributed by atoms with Gasteiger partial charge in [0.05, 0.1) is 18.6 Å². The number of nitrogens with one attached hydrogen (secondary N) is 3. The molecule has 2 unspecified atom stereocenters. The van der Waals surface area contributed by atoms with Crippen LogP contribution in [0.2, 0.25) is 0 Å². The first-order valence-electron chi connectivity index (χ1n) is 7.66. The summed E-state index contributed by atoms with van der Waals surface area (Å²) >= 11 is 0. The Balaban J connectivity index is 1.84. The Hall–Kier alpha value is -2.08. The van der Waals surface area contributed by atoms with E-state index in [1.807, 2.05) is 19.1 Å². The molecule has 1 fully saturated rings. The summed E-state index contributed by atoms with van der Waals surface area (Å²) in [6.45, 7) is 5.37. The van der Waals surface area contributed by atoms with E-state index in [2.05, 4.69) is 22.9 Å². The van der Waals surface area contributed by atoms with E-state index >= 15 is 0 Å². The minimum Gasteiger partial charge on any atom is -0.491 e. The van der Waals surface area contributed by atoms with E-state index in [0.29, 0.717) is 18.8 Å². The van der Waals surface area contributed by atoms with Crippen molar-refractivity contribution in [2.45, 2.75) is 38.8 Å². The summed E-state index contributed by atoms with van der Waals surface area (Å²) in [7, 11) is 0. The van der Waals surface area contributed by atoms with E-state index in [0.717, 1.165) is 12.2 Å². The summed E-state index contributed by atoms with van der Waals surface area (Å²) in [6.07, 6.45) is 1.22. The van der Waals surface area contributed by atoms with E-state index in [9.17, 15) is 9.59 Å². The smallest absolute Gasteiger partial charge is 0.237 e. The molecule has 0 bridgehead atoms. The fourth-order valence-corrected chi connectivity index (χ4v) is 2.14. The lowest BCUT2D eigenvalue weighted by Gasteiger charge is -2.22. The largest absolute Gasteiger partial charge is 0.491 e. The summed E-state index contributed by atoms with van der Waals surface area (Å²) in [5, 5.41) is 8.55. The molecule has 1 aliphatic heterocycles. The zero-order chi connectivity index (χ0) is 15.9. The van der Waals surface area contributed by atoms with Crippen molar-refractivity contribution in [3.8, 4) is 5.75 Å². The highest BCUT2D eigenvalue weighted by Crippen LogP contribution is 2.18. The fourth-order valence-electron chi connectivity index (χ4n) is 2.14. The van der Waals surface area contributed by atoms with Gasteiger partial charge in [-0.3, -0.25) is 9.59 Å². The summed E-state index contributed by atoms with van der Waals surface area (Å²) in [5.74, 6) is 0.463. The van der Waals surface area contributed by atoms with Gasteiger partial charge in [0, 0.05) is 18.8 Å². The summed E-state index contributed by atoms with van der Waals surface area (Å²) in [5.41, 5.74) is 0.692. The van der Waals surface area contributed by atoms with Gasteiger partial charge < -0.3 is 20.7 Å². The van der Waals surface area contributed by atoms with Crippen molar-refractivity contribution < 1.29 is 14.3 Å². The van der Waals surface area contributed by atoms with Crippen molar-refractivity contribution in [3.63, 3.8) is 0 Å². The molecule has 2 atom stereocenters. The molecule has 0 aliphatic carbocycles. The average Bonchev–Trinajstić information content (AvgIpc) is 2.51. The first-order valence-corrected chi connectivity index (χ1v) is 7.66. The topological polar surface area (TPSA) is 79.5 Å². The molecule has 22 heavy (non-hydrogen) atoms. The van der Waals surface area contributed by atoms with Gasteiger partial charge in [0.15, 0.2) is 0 Å². The quantitative estimate of drug-likeness (QED) is 0.740. The Bertz CT molecular complexity index is 516. The highest BCUT2D eigenvalue weighted by atomic mass is 16.5. The van der Waals surface area contributed by atoms with Crippen LogP contribution in [-0.2, 0) is 9.59 Å². The first-order chi connectivity index (χ1) is 10.6. The lowest BCUT2D eigenvalue weighted by molar-refractivity contribution is -0.127. The van der Waals surface area contributed by atoms with Gasteiger partial charge in [-0.15, -0.1) is 0 Å². The summed E-state index contributed by atoms with van der Waals surface area (Å²) in [6, 6.07) is 6.79. The summed E-state index contributed by atoms with van der Waals surface area (Å²) < 4.78 is 5.68. The second kappa shape index (κ2) is 7.79. The number of ether oxygens (including phenoxy) is 1. The molecule has 1 aromatic rings. The van der Waals surface area contributed by atoms with Crippen LogP contribution >= 0.6 is 0 Å². The highest BCUT2D eigenvalue weighted by Gasteiger charge is 2.23. The third kappa shape index (κ3) is 4.73. The normalized spacial score (nSPS) is 19.2. The molecule has 0 saturated carbocycles. The number of hydrogen-bond donors (Lipinski definition) is 3. The number of carbonyl (C=O) groups excluding carboxylic acids is 2. The van der Waals surface area contributed by atoms with Gasteiger partial charge in [-0.1, -0.05) is 6.92 Å². The van der Waals surface area contributed by atoms with E-state index in [-0.39, 0.29) is 24.3 Å². The Morgan fingerprint density at radius 3 is 2.73 bits per heavy atom. The molecule has 1 heterocycles. The number of piperazine rings is 1. The minimum atomic E-state index is -0.457. The third-order valence-electron chi connectivity index (χ3n) is 3.57. The first kappa shape index (κ1) is 16.3. The van der Waals surface area contributed by atoms with Crippen molar-refractivity contribution in [3.05, 3.63) is 24.3 Å². The maximum absolute atomic E-state index is 12.0. The molecule has 2 amide bonds. The number of carbonyl (C=O) groups is 2. The van der Waals surface area contributed by atoms with Gasteiger partial charge in [-0.05, 0) is 37.6 Å². The Kier molecular flexibility index (Phi) is 5.77. The van der Waals surface area contributed by atoms with Gasteiger partial charge in [0.25, 0.3) is 0 Å². The van der Waals surface area contributed by atoms with Gasteiger partial charge in [-0.25, -0.2) is 0 Å². The van der Waals surface area contributed by atoms with Crippen LogP contribution in [0.1, 0.15) is 26.7 Å².